The molecule has 0 fully saturated rings. The number of hydrogen-bond donors (Lipinski definition) is 1. The van der Waals surface area contributed by atoms with Crippen LogP contribution in [0.2, 0.25) is 0 Å². The summed E-state index contributed by atoms with van der Waals surface area (Å²) in [7, 11) is 0. The Morgan fingerprint density at radius 3 is 2.40 bits per heavy atom. The van der Waals surface area contributed by atoms with Crippen molar-refractivity contribution in [2.45, 2.75) is 25.3 Å². The molecule has 148 valence electrons. The minimum absolute atomic E-state index is 0.0629. The Labute approximate surface area is 174 Å². The Morgan fingerprint density at radius 1 is 0.867 bits per heavy atom. The fraction of sp³-hybridized carbons (Fsp3) is 0.154. The van der Waals surface area contributed by atoms with Gasteiger partial charge < -0.3 is 9.73 Å². The van der Waals surface area contributed by atoms with Gasteiger partial charge in [0.1, 0.15) is 0 Å². The second kappa shape index (κ2) is 7.64. The van der Waals surface area contributed by atoms with Gasteiger partial charge in [0.15, 0.2) is 0 Å². The first-order chi connectivity index (χ1) is 14.7. The van der Waals surface area contributed by atoms with Crippen molar-refractivity contribution >= 4 is 16.7 Å². The van der Waals surface area contributed by atoms with E-state index in [0.29, 0.717) is 16.3 Å². The number of hydrogen-bond acceptors (Lipinski definition) is 3. The van der Waals surface area contributed by atoms with E-state index in [1.54, 1.807) is 12.1 Å². The predicted octanol–water partition coefficient (Wildman–Crippen LogP) is 5.27. The highest BCUT2D eigenvalue weighted by Gasteiger charge is 2.26. The highest BCUT2D eigenvalue weighted by atomic mass is 16.4. The van der Waals surface area contributed by atoms with E-state index in [-0.39, 0.29) is 17.7 Å². The monoisotopic (exact) mass is 395 g/mol. The minimum Gasteiger partial charge on any atom is -0.416 e. The molecule has 3 aromatic carbocycles. The van der Waals surface area contributed by atoms with Gasteiger partial charge >= 0.3 is 5.63 Å². The van der Waals surface area contributed by atoms with Gasteiger partial charge in [0, 0.05) is 10.9 Å². The van der Waals surface area contributed by atoms with E-state index < -0.39 is 5.63 Å². The Hall–Kier alpha value is -3.66. The van der Waals surface area contributed by atoms with Gasteiger partial charge in [-0.15, -0.1) is 0 Å². The maximum atomic E-state index is 13.4. The average Bonchev–Trinajstić information content (AvgIpc) is 2.80. The van der Waals surface area contributed by atoms with Crippen molar-refractivity contribution in [3.63, 3.8) is 0 Å². The second-order valence-corrected chi connectivity index (χ2v) is 7.62. The van der Waals surface area contributed by atoms with E-state index in [0.717, 1.165) is 30.4 Å². The van der Waals surface area contributed by atoms with Crippen LogP contribution in [0.15, 0.2) is 88.1 Å². The molecule has 0 saturated carbocycles. The third kappa shape index (κ3) is 3.20. The Bertz CT molecular complexity index is 1290. The standard InChI is InChI=1S/C26H21NO3/c28-25(27-22-16-8-12-17-9-4-5-13-19(17)22)24-23(18-10-2-1-3-11-18)20-14-6-7-15-21(20)26(29)30-24/h1-7,9-11,13-15,22H,8,12,16H2,(H,27,28)/t22-/m1/s1. The first-order valence-electron chi connectivity index (χ1n) is 10.2. The largest absolute Gasteiger partial charge is 0.416 e. The first-order valence-corrected chi connectivity index (χ1v) is 10.2. The molecule has 1 aliphatic rings. The summed E-state index contributed by atoms with van der Waals surface area (Å²) >= 11 is 0. The van der Waals surface area contributed by atoms with Crippen LogP contribution in [0, 0.1) is 0 Å². The molecule has 0 saturated heterocycles. The van der Waals surface area contributed by atoms with Crippen molar-refractivity contribution < 1.29 is 9.21 Å². The van der Waals surface area contributed by atoms with E-state index in [2.05, 4.69) is 17.4 Å². The highest BCUT2D eigenvalue weighted by molar-refractivity contribution is 6.07. The summed E-state index contributed by atoms with van der Waals surface area (Å²) in [5.74, 6) is -0.300. The molecule has 1 heterocycles. The molecule has 0 spiro atoms. The molecular weight excluding hydrogens is 374 g/mol. The van der Waals surface area contributed by atoms with Gasteiger partial charge in [-0.05, 0) is 42.0 Å². The lowest BCUT2D eigenvalue weighted by Crippen LogP contribution is -2.32. The summed E-state index contributed by atoms with van der Waals surface area (Å²) in [5.41, 5.74) is 3.39. The number of benzene rings is 3. The maximum Gasteiger partial charge on any atom is 0.344 e. The maximum absolute atomic E-state index is 13.4. The summed E-state index contributed by atoms with van der Waals surface area (Å²) in [6, 6.07) is 25.0. The van der Waals surface area contributed by atoms with Gasteiger partial charge in [0.2, 0.25) is 5.76 Å². The topological polar surface area (TPSA) is 59.3 Å². The Morgan fingerprint density at radius 2 is 1.57 bits per heavy atom. The van der Waals surface area contributed by atoms with Crippen molar-refractivity contribution in [1.82, 2.24) is 5.32 Å². The fourth-order valence-corrected chi connectivity index (χ4v) is 4.38. The third-order valence-corrected chi connectivity index (χ3v) is 5.78. The molecule has 1 N–H and O–H groups in total. The fourth-order valence-electron chi connectivity index (χ4n) is 4.38. The summed E-state index contributed by atoms with van der Waals surface area (Å²) < 4.78 is 5.60. The van der Waals surface area contributed by atoms with Gasteiger partial charge in [-0.1, -0.05) is 72.8 Å². The quantitative estimate of drug-likeness (QED) is 0.514. The van der Waals surface area contributed by atoms with Crippen LogP contribution >= 0.6 is 0 Å². The Balaban J connectivity index is 1.63. The van der Waals surface area contributed by atoms with Crippen molar-refractivity contribution in [2.24, 2.45) is 0 Å². The molecule has 0 radical (unpaired) electrons. The summed E-state index contributed by atoms with van der Waals surface area (Å²) in [6.07, 6.45) is 2.89. The molecule has 5 rings (SSSR count). The molecule has 0 unspecified atom stereocenters. The molecule has 0 bridgehead atoms. The zero-order chi connectivity index (χ0) is 20.5. The van der Waals surface area contributed by atoms with Crippen LogP contribution in [0.5, 0.6) is 0 Å². The lowest BCUT2D eigenvalue weighted by Gasteiger charge is -2.26. The van der Waals surface area contributed by atoms with Crippen LogP contribution in [0.1, 0.15) is 40.6 Å². The second-order valence-electron chi connectivity index (χ2n) is 7.62. The number of carbonyl (C=O) groups is 1. The van der Waals surface area contributed by atoms with Crippen LogP contribution in [0.4, 0.5) is 0 Å². The van der Waals surface area contributed by atoms with Crippen LogP contribution < -0.4 is 10.9 Å². The molecule has 4 nitrogen and oxygen atoms in total. The van der Waals surface area contributed by atoms with Gasteiger partial charge in [-0.2, -0.15) is 0 Å². The molecule has 1 aliphatic carbocycles. The zero-order valence-corrected chi connectivity index (χ0v) is 16.4. The minimum atomic E-state index is -0.500. The lowest BCUT2D eigenvalue weighted by atomic mass is 9.87. The number of amides is 1. The number of aryl methyl sites for hydroxylation is 1. The normalized spacial score (nSPS) is 15.5. The average molecular weight is 395 g/mol. The van der Waals surface area contributed by atoms with Crippen LogP contribution in [0.25, 0.3) is 21.9 Å². The first kappa shape index (κ1) is 18.4. The number of rotatable bonds is 3. The number of carbonyl (C=O) groups excluding carboxylic acids is 1. The zero-order valence-electron chi connectivity index (χ0n) is 16.4. The summed E-state index contributed by atoms with van der Waals surface area (Å²) in [6.45, 7) is 0. The summed E-state index contributed by atoms with van der Waals surface area (Å²) in [4.78, 5) is 26.0. The van der Waals surface area contributed by atoms with Crippen LogP contribution in [-0.2, 0) is 6.42 Å². The summed E-state index contributed by atoms with van der Waals surface area (Å²) in [5, 5.41) is 4.31. The van der Waals surface area contributed by atoms with E-state index in [4.69, 9.17) is 4.42 Å². The molecule has 4 heteroatoms. The van der Waals surface area contributed by atoms with E-state index >= 15 is 0 Å². The molecular formula is C26H21NO3. The van der Waals surface area contributed by atoms with Crippen LogP contribution in [0.3, 0.4) is 0 Å². The molecule has 30 heavy (non-hydrogen) atoms. The van der Waals surface area contributed by atoms with Crippen molar-refractivity contribution in [3.8, 4) is 11.1 Å². The van der Waals surface area contributed by atoms with E-state index in [9.17, 15) is 9.59 Å². The molecule has 1 aromatic heterocycles. The molecule has 0 aliphatic heterocycles. The third-order valence-electron chi connectivity index (χ3n) is 5.78. The van der Waals surface area contributed by atoms with Crippen molar-refractivity contribution in [3.05, 3.63) is 106 Å². The lowest BCUT2D eigenvalue weighted by molar-refractivity contribution is 0.0902. The van der Waals surface area contributed by atoms with Crippen molar-refractivity contribution in [2.75, 3.05) is 0 Å². The van der Waals surface area contributed by atoms with Crippen LogP contribution in [-0.4, -0.2) is 5.91 Å². The predicted molar refractivity (Wildman–Crippen MR) is 118 cm³/mol. The number of fused-ring (bicyclic) bond motifs is 2. The Kier molecular flexibility index (Phi) is 4.68. The van der Waals surface area contributed by atoms with Gasteiger partial charge in [-0.25, -0.2) is 4.79 Å². The smallest absolute Gasteiger partial charge is 0.344 e. The molecule has 1 atom stereocenters. The van der Waals surface area contributed by atoms with Gasteiger partial charge in [-0.3, -0.25) is 4.79 Å². The molecule has 4 aromatic rings. The van der Waals surface area contributed by atoms with Crippen molar-refractivity contribution in [1.29, 1.82) is 0 Å². The van der Waals surface area contributed by atoms with E-state index in [1.165, 1.54) is 5.56 Å². The molecule has 1 amide bonds. The highest BCUT2D eigenvalue weighted by Crippen LogP contribution is 2.33. The van der Waals surface area contributed by atoms with Gasteiger partial charge in [0.05, 0.1) is 11.4 Å². The number of nitrogens with one attached hydrogen (secondary N) is 1. The van der Waals surface area contributed by atoms with E-state index in [1.807, 2.05) is 54.6 Å². The SMILES string of the molecule is O=C(N[C@@H]1CCCc2ccccc21)c1oc(=O)c2ccccc2c1-c1ccccc1. The van der Waals surface area contributed by atoms with Gasteiger partial charge in [0.25, 0.3) is 5.91 Å².